The van der Waals surface area contributed by atoms with E-state index in [-0.39, 0.29) is 0 Å². The van der Waals surface area contributed by atoms with Crippen molar-refractivity contribution in [2.24, 2.45) is 5.92 Å². The number of hydrogen-bond donors (Lipinski definition) is 2. The molecule has 1 aromatic heterocycles. The number of aryl methyl sites for hydroxylation is 1. The molecule has 0 bridgehead atoms. The van der Waals surface area contributed by atoms with E-state index in [0.29, 0.717) is 6.04 Å². The molecule has 2 rings (SSSR count). The molecule has 3 nitrogen and oxygen atoms in total. The fourth-order valence-corrected chi connectivity index (χ4v) is 3.24. The molecule has 17 heavy (non-hydrogen) atoms. The van der Waals surface area contributed by atoms with Crippen molar-refractivity contribution in [1.82, 2.24) is 15.6 Å². The summed E-state index contributed by atoms with van der Waals surface area (Å²) < 4.78 is 0. The zero-order valence-electron chi connectivity index (χ0n) is 10.8. The van der Waals surface area contributed by atoms with Gasteiger partial charge in [-0.2, -0.15) is 0 Å². The smallest absolute Gasteiger partial charge is 0.0897 e. The Morgan fingerprint density at radius 1 is 1.59 bits per heavy atom. The summed E-state index contributed by atoms with van der Waals surface area (Å²) in [7, 11) is 0. The first-order chi connectivity index (χ1) is 8.28. The Labute approximate surface area is 108 Å². The van der Waals surface area contributed by atoms with E-state index in [1.165, 1.54) is 30.7 Å². The van der Waals surface area contributed by atoms with Crippen molar-refractivity contribution in [3.8, 4) is 0 Å². The summed E-state index contributed by atoms with van der Waals surface area (Å²) in [6, 6.07) is 0.655. The van der Waals surface area contributed by atoms with Gasteiger partial charge in [-0.3, -0.25) is 0 Å². The van der Waals surface area contributed by atoms with Crippen molar-refractivity contribution in [3.05, 3.63) is 16.1 Å². The number of rotatable bonds is 5. The molecule has 0 saturated carbocycles. The minimum absolute atomic E-state index is 0.655. The monoisotopic (exact) mass is 253 g/mol. The Hall–Kier alpha value is -0.450. The van der Waals surface area contributed by atoms with E-state index in [1.54, 1.807) is 11.3 Å². The molecule has 1 saturated heterocycles. The summed E-state index contributed by atoms with van der Waals surface area (Å²) in [5, 5.41) is 8.29. The number of nitrogens with zero attached hydrogens (tertiary/aromatic N) is 1. The van der Waals surface area contributed by atoms with E-state index >= 15 is 0 Å². The standard InChI is InChI=1S/C13H23N3S/c1-3-11-4-5-15-12(6-11)7-14-8-13-9-16-10(2)17-13/h9,11-12,14-15H,3-8H2,1-2H3. The van der Waals surface area contributed by atoms with Crippen LogP contribution in [0.25, 0.3) is 0 Å². The van der Waals surface area contributed by atoms with Crippen molar-refractivity contribution in [2.45, 2.75) is 45.7 Å². The van der Waals surface area contributed by atoms with Crippen LogP contribution in [-0.2, 0) is 6.54 Å². The molecule has 2 N–H and O–H groups in total. The fourth-order valence-electron chi connectivity index (χ4n) is 2.48. The molecule has 0 aliphatic carbocycles. The van der Waals surface area contributed by atoms with E-state index < -0.39 is 0 Å². The summed E-state index contributed by atoms with van der Waals surface area (Å²) in [5.74, 6) is 0.925. The molecule has 4 heteroatoms. The van der Waals surface area contributed by atoms with Crippen LogP contribution in [0.3, 0.4) is 0 Å². The molecule has 2 atom stereocenters. The lowest BCUT2D eigenvalue weighted by Gasteiger charge is -2.29. The zero-order valence-corrected chi connectivity index (χ0v) is 11.6. The minimum atomic E-state index is 0.655. The number of thiazole rings is 1. The Morgan fingerprint density at radius 3 is 3.18 bits per heavy atom. The SMILES string of the molecule is CCC1CCNC(CNCc2cnc(C)s2)C1. The highest BCUT2D eigenvalue weighted by Crippen LogP contribution is 2.19. The topological polar surface area (TPSA) is 37.0 Å². The van der Waals surface area contributed by atoms with Crippen LogP contribution in [0.4, 0.5) is 0 Å². The van der Waals surface area contributed by atoms with Crippen molar-refractivity contribution in [3.63, 3.8) is 0 Å². The van der Waals surface area contributed by atoms with Crippen LogP contribution in [0.2, 0.25) is 0 Å². The summed E-state index contributed by atoms with van der Waals surface area (Å²) in [5.41, 5.74) is 0. The van der Waals surface area contributed by atoms with Crippen LogP contribution < -0.4 is 10.6 Å². The lowest BCUT2D eigenvalue weighted by Crippen LogP contribution is -2.44. The Kier molecular flexibility index (Phi) is 4.95. The first-order valence-corrected chi connectivity index (χ1v) is 7.45. The molecule has 2 unspecified atom stereocenters. The van der Waals surface area contributed by atoms with Gasteiger partial charge in [0, 0.05) is 30.2 Å². The zero-order chi connectivity index (χ0) is 12.1. The number of aromatic nitrogens is 1. The van der Waals surface area contributed by atoms with E-state index in [1.807, 2.05) is 6.20 Å². The average Bonchev–Trinajstić information content (AvgIpc) is 2.75. The quantitative estimate of drug-likeness (QED) is 0.845. The molecule has 1 aromatic rings. The van der Waals surface area contributed by atoms with Gasteiger partial charge in [-0.25, -0.2) is 4.98 Å². The maximum Gasteiger partial charge on any atom is 0.0897 e. The van der Waals surface area contributed by atoms with E-state index in [4.69, 9.17) is 0 Å². The highest BCUT2D eigenvalue weighted by Gasteiger charge is 2.19. The van der Waals surface area contributed by atoms with Crippen molar-refractivity contribution in [2.75, 3.05) is 13.1 Å². The third-order valence-corrected chi connectivity index (χ3v) is 4.45. The second-order valence-electron chi connectivity index (χ2n) is 4.93. The summed E-state index contributed by atoms with van der Waals surface area (Å²) in [6.07, 6.45) is 5.98. The molecule has 1 aliphatic rings. The maximum absolute atomic E-state index is 4.27. The molecule has 2 heterocycles. The average molecular weight is 253 g/mol. The van der Waals surface area contributed by atoms with Crippen LogP contribution in [-0.4, -0.2) is 24.1 Å². The molecular formula is C13H23N3S. The highest BCUT2D eigenvalue weighted by atomic mass is 32.1. The predicted octanol–water partition coefficient (Wildman–Crippen LogP) is 2.32. The Morgan fingerprint density at radius 2 is 2.47 bits per heavy atom. The van der Waals surface area contributed by atoms with Crippen molar-refractivity contribution >= 4 is 11.3 Å². The Balaban J connectivity index is 1.68. The van der Waals surface area contributed by atoms with Crippen LogP contribution in [0.1, 0.15) is 36.1 Å². The molecule has 0 amide bonds. The van der Waals surface area contributed by atoms with Gasteiger partial charge in [0.15, 0.2) is 0 Å². The second kappa shape index (κ2) is 6.47. The van der Waals surface area contributed by atoms with Gasteiger partial charge < -0.3 is 10.6 Å². The van der Waals surface area contributed by atoms with Crippen LogP contribution >= 0.6 is 11.3 Å². The molecule has 0 spiro atoms. The van der Waals surface area contributed by atoms with Gasteiger partial charge in [0.2, 0.25) is 0 Å². The molecule has 0 radical (unpaired) electrons. The highest BCUT2D eigenvalue weighted by molar-refractivity contribution is 7.11. The van der Waals surface area contributed by atoms with Crippen LogP contribution in [0, 0.1) is 12.8 Å². The van der Waals surface area contributed by atoms with Gasteiger partial charge in [-0.05, 0) is 32.2 Å². The van der Waals surface area contributed by atoms with E-state index in [0.717, 1.165) is 24.0 Å². The van der Waals surface area contributed by atoms with Crippen molar-refractivity contribution in [1.29, 1.82) is 0 Å². The van der Waals surface area contributed by atoms with Gasteiger partial charge in [0.05, 0.1) is 5.01 Å². The Bertz CT molecular complexity index is 337. The lowest BCUT2D eigenvalue weighted by molar-refractivity contribution is 0.288. The molecule has 1 fully saturated rings. The third kappa shape index (κ3) is 4.05. The fraction of sp³-hybridized carbons (Fsp3) is 0.769. The molecular weight excluding hydrogens is 230 g/mol. The molecule has 1 aliphatic heterocycles. The van der Waals surface area contributed by atoms with E-state index in [9.17, 15) is 0 Å². The molecule has 0 aromatic carbocycles. The minimum Gasteiger partial charge on any atom is -0.313 e. The van der Waals surface area contributed by atoms with E-state index in [2.05, 4.69) is 29.5 Å². The largest absolute Gasteiger partial charge is 0.313 e. The summed E-state index contributed by atoms with van der Waals surface area (Å²) in [4.78, 5) is 5.61. The number of piperidine rings is 1. The molecule has 96 valence electrons. The van der Waals surface area contributed by atoms with Gasteiger partial charge >= 0.3 is 0 Å². The second-order valence-corrected chi connectivity index (χ2v) is 6.25. The first-order valence-electron chi connectivity index (χ1n) is 6.63. The summed E-state index contributed by atoms with van der Waals surface area (Å²) >= 11 is 1.79. The van der Waals surface area contributed by atoms with Crippen LogP contribution in [0.15, 0.2) is 6.20 Å². The number of hydrogen-bond acceptors (Lipinski definition) is 4. The first kappa shape index (κ1) is 13.0. The van der Waals surface area contributed by atoms with Crippen LogP contribution in [0.5, 0.6) is 0 Å². The van der Waals surface area contributed by atoms with Gasteiger partial charge in [0.25, 0.3) is 0 Å². The summed E-state index contributed by atoms with van der Waals surface area (Å²) in [6.45, 7) is 7.59. The third-order valence-electron chi connectivity index (χ3n) is 3.54. The van der Waals surface area contributed by atoms with Gasteiger partial charge in [-0.15, -0.1) is 11.3 Å². The number of nitrogens with one attached hydrogen (secondary N) is 2. The maximum atomic E-state index is 4.27. The van der Waals surface area contributed by atoms with Crippen molar-refractivity contribution < 1.29 is 0 Å². The van der Waals surface area contributed by atoms with Gasteiger partial charge in [-0.1, -0.05) is 13.3 Å². The normalized spacial score (nSPS) is 25.1. The lowest BCUT2D eigenvalue weighted by atomic mass is 9.90. The predicted molar refractivity (Wildman–Crippen MR) is 73.4 cm³/mol. The van der Waals surface area contributed by atoms with Gasteiger partial charge in [0.1, 0.15) is 0 Å².